The van der Waals surface area contributed by atoms with Crippen LogP contribution in [0.15, 0.2) is 83.0 Å². The predicted octanol–water partition coefficient (Wildman–Crippen LogP) is 6.62. The third kappa shape index (κ3) is 4.50. The van der Waals surface area contributed by atoms with Gasteiger partial charge in [0, 0.05) is 16.9 Å². The predicted molar refractivity (Wildman–Crippen MR) is 147 cm³/mol. The summed E-state index contributed by atoms with van der Waals surface area (Å²) in [6.07, 6.45) is 0. The Balaban J connectivity index is 1.61. The third-order valence-electron chi connectivity index (χ3n) is 6.45. The Bertz CT molecular complexity index is 1430. The highest BCUT2D eigenvalue weighted by Gasteiger charge is 2.34. The van der Waals surface area contributed by atoms with Gasteiger partial charge in [0.1, 0.15) is 5.75 Å². The highest BCUT2D eigenvalue weighted by molar-refractivity contribution is 7.80. The number of aromatic nitrogens is 2. The zero-order valence-electron chi connectivity index (χ0n) is 20.8. The minimum atomic E-state index is -0.227. The second-order valence-electron chi connectivity index (χ2n) is 8.78. The molecule has 0 spiro atoms. The molecule has 0 aliphatic carbocycles. The lowest BCUT2D eigenvalue weighted by atomic mass is 9.94. The lowest BCUT2D eigenvalue weighted by molar-refractivity contribution is 0.340. The fraction of sp³-hybridized carbons (Fsp3) is 0.207. The molecule has 1 aromatic heterocycles. The summed E-state index contributed by atoms with van der Waals surface area (Å²) in [6, 6.07) is 24.0. The number of ether oxygens (including phenoxy) is 1. The highest BCUT2D eigenvalue weighted by atomic mass is 32.1. The van der Waals surface area contributed by atoms with Crippen LogP contribution in [-0.4, -0.2) is 21.9 Å². The molecule has 5 rings (SSSR count). The Kier molecular flexibility index (Phi) is 6.57. The van der Waals surface area contributed by atoms with Crippen LogP contribution in [-0.2, 0) is 0 Å². The molecule has 3 aromatic carbocycles. The molecule has 0 fully saturated rings. The zero-order chi connectivity index (χ0) is 25.2. The molecule has 0 amide bonds. The Morgan fingerprint density at radius 1 is 0.972 bits per heavy atom. The fourth-order valence-electron chi connectivity index (χ4n) is 4.41. The van der Waals surface area contributed by atoms with Crippen molar-refractivity contribution in [2.45, 2.75) is 33.7 Å². The number of rotatable bonds is 6. The first kappa shape index (κ1) is 23.8. The van der Waals surface area contributed by atoms with Gasteiger partial charge in [-0.05, 0) is 93.0 Å². The van der Waals surface area contributed by atoms with Crippen molar-refractivity contribution >= 4 is 28.6 Å². The van der Waals surface area contributed by atoms with E-state index in [0.29, 0.717) is 23.4 Å². The van der Waals surface area contributed by atoms with Gasteiger partial charge >= 0.3 is 0 Å². The van der Waals surface area contributed by atoms with Crippen molar-refractivity contribution in [3.63, 3.8) is 0 Å². The van der Waals surface area contributed by atoms with Crippen LogP contribution in [0.3, 0.4) is 0 Å². The summed E-state index contributed by atoms with van der Waals surface area (Å²) in [5.41, 5.74) is 7.17. The standard InChI is InChI=1S/C29H28N4O2S/c1-5-34-24-15-12-22(13-16-24)27-31-28(35-32-27)25-20(4)33(23-14-11-18(2)19(3)17-23)29(36)30-26(25)21-9-7-6-8-10-21/h6-17,26H,5H2,1-4H3,(H,30,36). The van der Waals surface area contributed by atoms with Crippen LogP contribution in [0, 0.1) is 13.8 Å². The molecule has 6 nitrogen and oxygen atoms in total. The monoisotopic (exact) mass is 496 g/mol. The van der Waals surface area contributed by atoms with Crippen molar-refractivity contribution in [1.29, 1.82) is 0 Å². The molecule has 1 aliphatic heterocycles. The number of nitrogens with one attached hydrogen (secondary N) is 1. The maximum Gasteiger partial charge on any atom is 0.258 e. The molecular formula is C29H28N4O2S. The van der Waals surface area contributed by atoms with E-state index in [2.05, 4.69) is 54.7 Å². The first-order chi connectivity index (χ1) is 17.5. The van der Waals surface area contributed by atoms with Gasteiger partial charge in [0.05, 0.1) is 18.2 Å². The second kappa shape index (κ2) is 9.95. The maximum absolute atomic E-state index is 5.86. The first-order valence-corrected chi connectivity index (χ1v) is 12.4. The topological polar surface area (TPSA) is 63.4 Å². The van der Waals surface area contributed by atoms with Crippen LogP contribution >= 0.6 is 12.2 Å². The minimum absolute atomic E-state index is 0.227. The third-order valence-corrected chi connectivity index (χ3v) is 6.75. The molecule has 0 radical (unpaired) electrons. The maximum atomic E-state index is 5.86. The Morgan fingerprint density at radius 2 is 1.72 bits per heavy atom. The fourth-order valence-corrected chi connectivity index (χ4v) is 4.77. The van der Waals surface area contributed by atoms with Crippen molar-refractivity contribution in [2.24, 2.45) is 0 Å². The average Bonchev–Trinajstić information content (AvgIpc) is 3.37. The highest BCUT2D eigenvalue weighted by Crippen LogP contribution is 2.39. The number of aryl methyl sites for hydroxylation is 2. The Morgan fingerprint density at radius 3 is 2.42 bits per heavy atom. The molecule has 0 saturated heterocycles. The molecule has 2 heterocycles. The molecule has 1 aliphatic rings. The summed E-state index contributed by atoms with van der Waals surface area (Å²) in [4.78, 5) is 6.84. The van der Waals surface area contributed by atoms with Crippen molar-refractivity contribution in [1.82, 2.24) is 15.5 Å². The summed E-state index contributed by atoms with van der Waals surface area (Å²) in [5.74, 6) is 1.78. The number of anilines is 1. The van der Waals surface area contributed by atoms with E-state index in [1.54, 1.807) is 0 Å². The summed E-state index contributed by atoms with van der Waals surface area (Å²) < 4.78 is 11.4. The lowest BCUT2D eigenvalue weighted by Gasteiger charge is -2.37. The molecule has 7 heteroatoms. The van der Waals surface area contributed by atoms with E-state index < -0.39 is 0 Å². The van der Waals surface area contributed by atoms with E-state index in [-0.39, 0.29) is 6.04 Å². The summed E-state index contributed by atoms with van der Waals surface area (Å²) >= 11 is 5.86. The van der Waals surface area contributed by atoms with Gasteiger partial charge in [0.15, 0.2) is 5.11 Å². The van der Waals surface area contributed by atoms with Gasteiger partial charge in [0.2, 0.25) is 5.82 Å². The smallest absolute Gasteiger partial charge is 0.258 e. The van der Waals surface area contributed by atoms with Gasteiger partial charge in [-0.15, -0.1) is 0 Å². The van der Waals surface area contributed by atoms with E-state index in [1.165, 1.54) is 11.1 Å². The number of hydrogen-bond donors (Lipinski definition) is 1. The second-order valence-corrected chi connectivity index (χ2v) is 9.16. The summed E-state index contributed by atoms with van der Waals surface area (Å²) in [6.45, 7) is 8.84. The van der Waals surface area contributed by atoms with Crippen molar-refractivity contribution in [2.75, 3.05) is 11.5 Å². The van der Waals surface area contributed by atoms with Gasteiger partial charge in [-0.25, -0.2) is 0 Å². The quantitative estimate of drug-likeness (QED) is 0.301. The van der Waals surface area contributed by atoms with E-state index in [1.807, 2.05) is 61.2 Å². The van der Waals surface area contributed by atoms with Crippen molar-refractivity contribution in [3.8, 4) is 17.1 Å². The van der Waals surface area contributed by atoms with Gasteiger partial charge < -0.3 is 14.6 Å². The van der Waals surface area contributed by atoms with Crippen molar-refractivity contribution in [3.05, 3.63) is 101 Å². The molecule has 4 aromatic rings. The first-order valence-electron chi connectivity index (χ1n) is 12.0. The van der Waals surface area contributed by atoms with E-state index in [0.717, 1.165) is 33.8 Å². The number of allylic oxidation sites excluding steroid dienone is 1. The molecule has 1 unspecified atom stereocenters. The molecule has 1 atom stereocenters. The zero-order valence-corrected chi connectivity index (χ0v) is 21.6. The van der Waals surface area contributed by atoms with Crippen LogP contribution in [0.2, 0.25) is 0 Å². The SMILES string of the molecule is CCOc1ccc(-c2noc(C3=C(C)N(c4ccc(C)c(C)c4)C(=S)NC3c3ccccc3)n2)cc1. The van der Waals surface area contributed by atoms with Crippen LogP contribution in [0.1, 0.15) is 42.5 Å². The van der Waals surface area contributed by atoms with E-state index >= 15 is 0 Å². The minimum Gasteiger partial charge on any atom is -0.494 e. The lowest BCUT2D eigenvalue weighted by Crippen LogP contribution is -2.46. The van der Waals surface area contributed by atoms with Gasteiger partial charge in [-0.2, -0.15) is 4.98 Å². The number of hydrogen-bond acceptors (Lipinski definition) is 5. The largest absolute Gasteiger partial charge is 0.494 e. The van der Waals surface area contributed by atoms with Crippen LogP contribution in [0.25, 0.3) is 17.0 Å². The molecule has 0 saturated carbocycles. The van der Waals surface area contributed by atoms with Crippen LogP contribution in [0.5, 0.6) is 5.75 Å². The molecular weight excluding hydrogens is 468 g/mol. The normalized spacial score (nSPS) is 15.7. The van der Waals surface area contributed by atoms with Gasteiger partial charge in [-0.1, -0.05) is 41.6 Å². The van der Waals surface area contributed by atoms with Gasteiger partial charge in [-0.3, -0.25) is 4.90 Å². The molecule has 1 N–H and O–H groups in total. The van der Waals surface area contributed by atoms with Crippen LogP contribution in [0.4, 0.5) is 5.69 Å². The number of thiocarbonyl (C=S) groups is 1. The number of benzene rings is 3. The van der Waals surface area contributed by atoms with Crippen molar-refractivity contribution < 1.29 is 9.26 Å². The molecule has 0 bridgehead atoms. The Hall–Kier alpha value is -3.97. The van der Waals surface area contributed by atoms with E-state index in [4.69, 9.17) is 26.5 Å². The van der Waals surface area contributed by atoms with E-state index in [9.17, 15) is 0 Å². The number of nitrogens with zero attached hydrogens (tertiary/aromatic N) is 3. The Labute approximate surface area is 216 Å². The average molecular weight is 497 g/mol. The molecule has 36 heavy (non-hydrogen) atoms. The summed E-state index contributed by atoms with van der Waals surface area (Å²) in [5, 5.41) is 8.45. The van der Waals surface area contributed by atoms with Gasteiger partial charge in [0.25, 0.3) is 5.89 Å². The molecule has 182 valence electrons. The summed E-state index contributed by atoms with van der Waals surface area (Å²) in [7, 11) is 0. The van der Waals surface area contributed by atoms with Crippen LogP contribution < -0.4 is 15.0 Å².